The fraction of sp³-hybridized carbons (Fsp3) is 0.514. The Bertz CT molecular complexity index is 1870. The number of fused-ring (bicyclic) bond motifs is 4. The van der Waals surface area contributed by atoms with Crippen LogP contribution in [-0.4, -0.2) is 81.5 Å². The van der Waals surface area contributed by atoms with Gasteiger partial charge >= 0.3 is 6.01 Å². The molecule has 2 aromatic heterocycles. The lowest BCUT2D eigenvalue weighted by molar-refractivity contribution is 0.107. The molecule has 11 heteroatoms. The number of hydrogen-bond acceptors (Lipinski definition) is 8. The molecule has 0 amide bonds. The van der Waals surface area contributed by atoms with Crippen molar-refractivity contribution in [1.29, 1.82) is 0 Å². The maximum atomic E-state index is 17.1. The largest absolute Gasteiger partial charge is 0.508 e. The van der Waals surface area contributed by atoms with Crippen LogP contribution in [0.3, 0.4) is 0 Å². The van der Waals surface area contributed by atoms with Gasteiger partial charge in [-0.3, -0.25) is 4.90 Å². The standard InChI is InChI=1S/C35H39F3N6O2/c1-4-25-26-12-18(2)30-28-32(29(38)31(40-30)23-14-22(45)13-20-6-7-24(37)19(3)27(20)23)41-34(42-33(28)44(26)11-9-39-25)46-17-35-8-5-10-43(35)16-21(36)15-35/h6-7,13-14,18,21,25-26,39,45H,4-5,8-12,15-17H2,1-3H3/t18-,21+,25-,26+,35-/m0/s1. The Balaban J connectivity index is 1.35. The fourth-order valence-electron chi connectivity index (χ4n) is 8.74. The number of aryl methyl sites for hydroxylation is 1. The SMILES string of the molecule is CC[C@@H]1NCCN2c3nc(OC[C@@]45CCCN4C[C@H](F)C5)nc4c(F)c(-c5cc(O)cc6ccc(F)c(C)c56)nc(c34)[C@@H](C)C[C@H]12. The zero-order valence-corrected chi connectivity index (χ0v) is 26.4. The summed E-state index contributed by atoms with van der Waals surface area (Å²) in [5.41, 5.74) is 0.978. The van der Waals surface area contributed by atoms with Crippen LogP contribution in [0.2, 0.25) is 0 Å². The van der Waals surface area contributed by atoms with Gasteiger partial charge in [0.15, 0.2) is 5.82 Å². The Morgan fingerprint density at radius 2 is 1.98 bits per heavy atom. The molecule has 3 saturated heterocycles. The highest BCUT2D eigenvalue weighted by molar-refractivity contribution is 6.02. The number of pyridine rings is 1. The van der Waals surface area contributed by atoms with Crippen molar-refractivity contribution in [2.75, 3.05) is 37.7 Å². The van der Waals surface area contributed by atoms with Crippen LogP contribution in [0, 0.1) is 18.6 Å². The van der Waals surface area contributed by atoms with E-state index in [1.54, 1.807) is 19.1 Å². The van der Waals surface area contributed by atoms with Crippen LogP contribution in [0.15, 0.2) is 24.3 Å². The van der Waals surface area contributed by atoms with E-state index < -0.39 is 23.3 Å². The first-order chi connectivity index (χ1) is 22.2. The lowest BCUT2D eigenvalue weighted by Crippen LogP contribution is -2.58. The highest BCUT2D eigenvalue weighted by Gasteiger charge is 2.49. The summed E-state index contributed by atoms with van der Waals surface area (Å²) in [6.07, 6.45) is 2.97. The van der Waals surface area contributed by atoms with Crippen molar-refractivity contribution in [3.05, 3.63) is 47.2 Å². The molecule has 3 fully saturated rings. The summed E-state index contributed by atoms with van der Waals surface area (Å²) in [5.74, 6) is -0.655. The second-order valence-electron chi connectivity index (χ2n) is 13.7. The molecule has 0 saturated carbocycles. The minimum atomic E-state index is -0.904. The van der Waals surface area contributed by atoms with Crippen LogP contribution in [0.1, 0.15) is 63.1 Å². The first-order valence-electron chi connectivity index (χ1n) is 16.5. The summed E-state index contributed by atoms with van der Waals surface area (Å²) in [7, 11) is 0. The van der Waals surface area contributed by atoms with Crippen molar-refractivity contribution in [1.82, 2.24) is 25.2 Å². The molecule has 242 valence electrons. The van der Waals surface area contributed by atoms with Gasteiger partial charge in [0.1, 0.15) is 41.4 Å². The molecule has 2 aromatic carbocycles. The smallest absolute Gasteiger partial charge is 0.319 e. The van der Waals surface area contributed by atoms with E-state index in [2.05, 4.69) is 29.0 Å². The van der Waals surface area contributed by atoms with E-state index in [0.29, 0.717) is 58.3 Å². The van der Waals surface area contributed by atoms with Gasteiger partial charge in [0, 0.05) is 49.6 Å². The number of hydrogen-bond donors (Lipinski definition) is 2. The average Bonchev–Trinajstić information content (AvgIpc) is 3.53. The maximum Gasteiger partial charge on any atom is 0.319 e. The normalized spacial score (nSPS) is 27.7. The van der Waals surface area contributed by atoms with Crippen LogP contribution >= 0.6 is 0 Å². The molecule has 6 heterocycles. The van der Waals surface area contributed by atoms with E-state index in [0.717, 1.165) is 38.8 Å². The molecule has 8 rings (SSSR count). The Kier molecular flexibility index (Phi) is 7.06. The van der Waals surface area contributed by atoms with Crippen molar-refractivity contribution in [3.8, 4) is 23.0 Å². The molecule has 0 bridgehead atoms. The van der Waals surface area contributed by atoms with Gasteiger partial charge in [-0.1, -0.05) is 19.9 Å². The third-order valence-corrected chi connectivity index (χ3v) is 11.0. The first kappa shape index (κ1) is 29.7. The Labute approximate surface area is 266 Å². The second-order valence-corrected chi connectivity index (χ2v) is 13.7. The van der Waals surface area contributed by atoms with Crippen molar-refractivity contribution in [2.24, 2.45) is 0 Å². The fourth-order valence-corrected chi connectivity index (χ4v) is 8.74. The number of phenolic OH excluding ortho intramolecular Hbond substituents is 1. The molecular formula is C35H39F3N6O2. The Morgan fingerprint density at radius 1 is 1.13 bits per heavy atom. The monoisotopic (exact) mass is 632 g/mol. The molecule has 4 aliphatic rings. The number of benzene rings is 2. The summed E-state index contributed by atoms with van der Waals surface area (Å²) in [4.78, 5) is 19.1. The van der Waals surface area contributed by atoms with Gasteiger partial charge in [-0.25, -0.2) is 18.2 Å². The summed E-state index contributed by atoms with van der Waals surface area (Å²) in [5, 5.41) is 16.0. The molecule has 0 aliphatic carbocycles. The molecule has 5 atom stereocenters. The topological polar surface area (TPSA) is 86.6 Å². The summed E-state index contributed by atoms with van der Waals surface area (Å²) >= 11 is 0. The number of anilines is 1. The molecule has 46 heavy (non-hydrogen) atoms. The minimum absolute atomic E-state index is 0.00112. The van der Waals surface area contributed by atoms with E-state index in [1.807, 2.05) is 0 Å². The lowest BCUT2D eigenvalue weighted by atomic mass is 9.90. The lowest BCUT2D eigenvalue weighted by Gasteiger charge is -2.42. The number of phenols is 1. The zero-order valence-electron chi connectivity index (χ0n) is 26.4. The molecule has 4 aliphatic heterocycles. The molecule has 4 aromatic rings. The van der Waals surface area contributed by atoms with Crippen molar-refractivity contribution in [3.63, 3.8) is 0 Å². The van der Waals surface area contributed by atoms with Crippen LogP contribution in [0.4, 0.5) is 19.0 Å². The summed E-state index contributed by atoms with van der Waals surface area (Å²) in [6.45, 7) is 8.78. The number of aromatic hydroxyl groups is 1. The molecule has 0 unspecified atom stereocenters. The summed E-state index contributed by atoms with van der Waals surface area (Å²) < 4.78 is 52.9. The number of nitrogens with one attached hydrogen (secondary N) is 1. The van der Waals surface area contributed by atoms with E-state index in [9.17, 15) is 13.9 Å². The van der Waals surface area contributed by atoms with Gasteiger partial charge in [-0.15, -0.1) is 0 Å². The number of alkyl halides is 1. The first-order valence-corrected chi connectivity index (χ1v) is 16.5. The van der Waals surface area contributed by atoms with Crippen molar-refractivity contribution >= 4 is 27.5 Å². The quantitative estimate of drug-likeness (QED) is 0.271. The predicted molar refractivity (Wildman–Crippen MR) is 171 cm³/mol. The Morgan fingerprint density at radius 3 is 2.80 bits per heavy atom. The third-order valence-electron chi connectivity index (χ3n) is 11.0. The zero-order chi connectivity index (χ0) is 31.9. The molecular weight excluding hydrogens is 593 g/mol. The van der Waals surface area contributed by atoms with E-state index in [4.69, 9.17) is 19.7 Å². The number of aromatic nitrogens is 3. The van der Waals surface area contributed by atoms with Crippen LogP contribution in [-0.2, 0) is 0 Å². The minimum Gasteiger partial charge on any atom is -0.508 e. The van der Waals surface area contributed by atoms with Crippen LogP contribution in [0.5, 0.6) is 11.8 Å². The number of halogens is 3. The van der Waals surface area contributed by atoms with Crippen LogP contribution < -0.4 is 15.0 Å². The Hall–Kier alpha value is -3.70. The molecule has 0 radical (unpaired) electrons. The molecule has 2 N–H and O–H groups in total. The number of rotatable bonds is 5. The molecule has 8 nitrogen and oxygen atoms in total. The van der Waals surface area contributed by atoms with Crippen molar-refractivity contribution < 1.29 is 23.0 Å². The van der Waals surface area contributed by atoms with Crippen molar-refractivity contribution in [2.45, 2.75) is 82.6 Å². The summed E-state index contributed by atoms with van der Waals surface area (Å²) in [6, 6.07) is 6.26. The van der Waals surface area contributed by atoms with E-state index >= 15 is 4.39 Å². The second kappa shape index (κ2) is 10.9. The number of nitrogens with zero attached hydrogens (tertiary/aromatic N) is 5. The predicted octanol–water partition coefficient (Wildman–Crippen LogP) is 6.16. The molecule has 0 spiro atoms. The highest BCUT2D eigenvalue weighted by atomic mass is 19.1. The average molecular weight is 633 g/mol. The van der Waals surface area contributed by atoms with Gasteiger partial charge < -0.3 is 20.1 Å². The van der Waals surface area contributed by atoms with Gasteiger partial charge in [-0.2, -0.15) is 9.97 Å². The van der Waals surface area contributed by atoms with Crippen LogP contribution in [0.25, 0.3) is 32.9 Å². The van der Waals surface area contributed by atoms with Gasteiger partial charge in [0.2, 0.25) is 0 Å². The number of ether oxygens (including phenoxy) is 1. The van der Waals surface area contributed by atoms with Gasteiger partial charge in [0.05, 0.1) is 16.6 Å². The van der Waals surface area contributed by atoms with E-state index in [1.165, 1.54) is 12.1 Å². The highest BCUT2D eigenvalue weighted by Crippen LogP contribution is 2.46. The van der Waals surface area contributed by atoms with Gasteiger partial charge in [-0.05, 0) is 73.7 Å². The van der Waals surface area contributed by atoms with E-state index in [-0.39, 0.29) is 47.6 Å². The third kappa shape index (κ3) is 4.52. The number of piperazine rings is 1. The maximum absolute atomic E-state index is 17.1. The van der Waals surface area contributed by atoms with Gasteiger partial charge in [0.25, 0.3) is 0 Å².